The van der Waals surface area contributed by atoms with Crippen molar-refractivity contribution < 1.29 is 9.53 Å². The van der Waals surface area contributed by atoms with E-state index in [0.717, 1.165) is 17.5 Å². The molecule has 1 fully saturated rings. The van der Waals surface area contributed by atoms with Crippen LogP contribution in [0.3, 0.4) is 0 Å². The van der Waals surface area contributed by atoms with Crippen molar-refractivity contribution in [2.75, 3.05) is 19.7 Å². The molecule has 0 bridgehead atoms. The minimum Gasteiger partial charge on any atom is -0.484 e. The van der Waals surface area contributed by atoms with Gasteiger partial charge in [-0.3, -0.25) is 13.9 Å². The van der Waals surface area contributed by atoms with E-state index in [1.165, 1.54) is 0 Å². The first kappa shape index (κ1) is 18.3. The van der Waals surface area contributed by atoms with Crippen LogP contribution in [0.25, 0.3) is 11.2 Å². The second-order valence-corrected chi connectivity index (χ2v) is 7.13. The lowest BCUT2D eigenvalue weighted by molar-refractivity contribution is -0.132. The summed E-state index contributed by atoms with van der Waals surface area (Å²) in [5, 5.41) is 0. The lowest BCUT2D eigenvalue weighted by atomic mass is 10.2. The number of likely N-dealkylation sites (tertiary alicyclic amines) is 1. The molecule has 1 saturated heterocycles. The monoisotopic (exact) mass is 380 g/mol. The molecule has 3 heterocycles. The quantitative estimate of drug-likeness (QED) is 0.681. The lowest BCUT2D eigenvalue weighted by Gasteiger charge is -2.17. The number of carbonyl (C=O) groups is 1. The average Bonchev–Trinajstić information content (AvgIpc) is 3.28. The molecule has 1 aliphatic rings. The molecule has 7 nitrogen and oxygen atoms in total. The van der Waals surface area contributed by atoms with Crippen LogP contribution in [-0.2, 0) is 11.3 Å². The van der Waals surface area contributed by atoms with Crippen LogP contribution in [0.4, 0.5) is 0 Å². The van der Waals surface area contributed by atoms with Gasteiger partial charge in [0.2, 0.25) is 0 Å². The summed E-state index contributed by atoms with van der Waals surface area (Å²) in [6, 6.07) is 11.3. The molecule has 146 valence electrons. The van der Waals surface area contributed by atoms with Crippen LogP contribution in [0.1, 0.15) is 24.9 Å². The summed E-state index contributed by atoms with van der Waals surface area (Å²) >= 11 is 0. The van der Waals surface area contributed by atoms with E-state index in [2.05, 4.69) is 4.98 Å². The summed E-state index contributed by atoms with van der Waals surface area (Å²) < 4.78 is 9.11. The second kappa shape index (κ2) is 7.50. The number of imidazole rings is 1. The Bertz CT molecular complexity index is 1070. The van der Waals surface area contributed by atoms with E-state index in [1.54, 1.807) is 20.2 Å². The fourth-order valence-electron chi connectivity index (χ4n) is 3.86. The van der Waals surface area contributed by atoms with Gasteiger partial charge >= 0.3 is 5.69 Å². The minimum atomic E-state index is -0.0689. The summed E-state index contributed by atoms with van der Waals surface area (Å²) in [5.74, 6) is 0.625. The topological polar surface area (TPSA) is 69.4 Å². The molecule has 0 saturated carbocycles. The van der Waals surface area contributed by atoms with E-state index in [-0.39, 0.29) is 24.2 Å². The molecule has 0 radical (unpaired) electrons. The number of carbonyl (C=O) groups excluding carboxylic acids is 1. The molecule has 2 aromatic heterocycles. The highest BCUT2D eigenvalue weighted by Gasteiger charge is 2.30. The van der Waals surface area contributed by atoms with Crippen LogP contribution in [-0.4, -0.2) is 44.6 Å². The summed E-state index contributed by atoms with van der Waals surface area (Å²) in [6.07, 6.45) is 2.43. The summed E-state index contributed by atoms with van der Waals surface area (Å²) in [4.78, 5) is 31.7. The summed E-state index contributed by atoms with van der Waals surface area (Å²) in [6.45, 7) is 5.63. The molecule has 1 aromatic carbocycles. The van der Waals surface area contributed by atoms with Gasteiger partial charge in [-0.25, -0.2) is 9.78 Å². The number of aromatic nitrogens is 3. The highest BCUT2D eigenvalue weighted by molar-refractivity contribution is 5.78. The third-order valence-electron chi connectivity index (χ3n) is 5.27. The van der Waals surface area contributed by atoms with Gasteiger partial charge in [-0.05, 0) is 50.1 Å². The van der Waals surface area contributed by atoms with E-state index in [9.17, 15) is 9.59 Å². The number of hydrogen-bond acceptors (Lipinski definition) is 4. The number of ether oxygens (including phenoxy) is 1. The predicted octanol–water partition coefficient (Wildman–Crippen LogP) is 2.38. The maximum atomic E-state index is 12.9. The van der Waals surface area contributed by atoms with Crippen molar-refractivity contribution in [2.45, 2.75) is 32.9 Å². The predicted molar refractivity (Wildman–Crippen MR) is 107 cm³/mol. The first-order valence-corrected chi connectivity index (χ1v) is 9.61. The zero-order valence-electron chi connectivity index (χ0n) is 16.2. The molecule has 4 rings (SSSR count). The van der Waals surface area contributed by atoms with Gasteiger partial charge in [0.25, 0.3) is 5.91 Å². The Morgan fingerprint density at radius 2 is 2.14 bits per heavy atom. The Morgan fingerprint density at radius 1 is 1.29 bits per heavy atom. The van der Waals surface area contributed by atoms with Gasteiger partial charge in [-0.2, -0.15) is 0 Å². The number of rotatable bonds is 5. The van der Waals surface area contributed by atoms with Gasteiger partial charge in [-0.15, -0.1) is 0 Å². The lowest BCUT2D eigenvalue weighted by Crippen LogP contribution is -2.34. The summed E-state index contributed by atoms with van der Waals surface area (Å²) in [7, 11) is 0. The van der Waals surface area contributed by atoms with Gasteiger partial charge in [-0.1, -0.05) is 12.1 Å². The van der Waals surface area contributed by atoms with E-state index in [4.69, 9.17) is 4.74 Å². The molecular weight excluding hydrogens is 356 g/mol. The van der Waals surface area contributed by atoms with Gasteiger partial charge in [0.15, 0.2) is 12.3 Å². The number of nitrogens with zero attached hydrogens (tertiary/aromatic N) is 4. The van der Waals surface area contributed by atoms with Crippen molar-refractivity contribution in [1.82, 2.24) is 19.0 Å². The molecule has 1 amide bonds. The van der Waals surface area contributed by atoms with E-state index in [1.807, 2.05) is 50.2 Å². The molecule has 3 aromatic rings. The fourth-order valence-corrected chi connectivity index (χ4v) is 3.86. The molecule has 0 aliphatic carbocycles. The largest absolute Gasteiger partial charge is 0.484 e. The van der Waals surface area contributed by atoms with Gasteiger partial charge in [0.1, 0.15) is 5.75 Å². The maximum Gasteiger partial charge on any atom is 0.330 e. The Morgan fingerprint density at radius 3 is 2.93 bits per heavy atom. The maximum absolute atomic E-state index is 12.9. The first-order valence-electron chi connectivity index (χ1n) is 9.61. The zero-order chi connectivity index (χ0) is 19.7. The van der Waals surface area contributed by atoms with Crippen LogP contribution >= 0.6 is 0 Å². The minimum absolute atomic E-state index is 0.0000414. The number of fused-ring (bicyclic) bond motifs is 1. The smallest absolute Gasteiger partial charge is 0.330 e. The molecule has 28 heavy (non-hydrogen) atoms. The molecule has 0 spiro atoms. The molecule has 0 N–H and O–H groups in total. The second-order valence-electron chi connectivity index (χ2n) is 7.13. The molecule has 1 atom stereocenters. The third-order valence-corrected chi connectivity index (χ3v) is 5.27. The first-order chi connectivity index (χ1) is 13.6. The van der Waals surface area contributed by atoms with Crippen molar-refractivity contribution in [2.24, 2.45) is 0 Å². The third kappa shape index (κ3) is 3.28. The SMILES string of the molecule is CCn1c(=O)n([C@@H]2CCN(C(=O)COc3cccc(C)c3)C2)c2ncccc21. The Kier molecular flexibility index (Phi) is 4.90. The molecule has 1 aliphatic heterocycles. The van der Waals surface area contributed by atoms with Gasteiger partial charge in [0, 0.05) is 25.8 Å². The van der Waals surface area contributed by atoms with Crippen LogP contribution in [0, 0.1) is 6.92 Å². The highest BCUT2D eigenvalue weighted by atomic mass is 16.5. The number of benzene rings is 1. The molecular formula is C21H24N4O3. The van der Waals surface area contributed by atoms with E-state index in [0.29, 0.717) is 31.0 Å². The van der Waals surface area contributed by atoms with Crippen molar-refractivity contribution in [3.05, 3.63) is 58.6 Å². The van der Waals surface area contributed by atoms with Crippen molar-refractivity contribution in [1.29, 1.82) is 0 Å². The average molecular weight is 380 g/mol. The van der Waals surface area contributed by atoms with Crippen LogP contribution in [0.15, 0.2) is 47.4 Å². The van der Waals surface area contributed by atoms with E-state index >= 15 is 0 Å². The van der Waals surface area contributed by atoms with Gasteiger partial charge in [0.05, 0.1) is 11.6 Å². The number of hydrogen-bond donors (Lipinski definition) is 0. The number of aryl methyl sites for hydroxylation is 2. The van der Waals surface area contributed by atoms with Gasteiger partial charge < -0.3 is 9.64 Å². The van der Waals surface area contributed by atoms with Crippen LogP contribution < -0.4 is 10.4 Å². The van der Waals surface area contributed by atoms with Crippen molar-refractivity contribution >= 4 is 17.1 Å². The normalized spacial score (nSPS) is 16.6. The standard InChI is InChI=1S/C21H24N4O3/c1-3-24-18-8-5-10-22-20(18)25(21(24)27)16-9-11-23(13-16)19(26)14-28-17-7-4-6-15(2)12-17/h4-8,10,12,16H,3,9,11,13-14H2,1-2H3/t16-/m1/s1. The van der Waals surface area contributed by atoms with Crippen molar-refractivity contribution in [3.8, 4) is 5.75 Å². The highest BCUT2D eigenvalue weighted by Crippen LogP contribution is 2.24. The zero-order valence-corrected chi connectivity index (χ0v) is 16.2. The van der Waals surface area contributed by atoms with E-state index < -0.39 is 0 Å². The van der Waals surface area contributed by atoms with Crippen molar-refractivity contribution in [3.63, 3.8) is 0 Å². The Hall–Kier alpha value is -3.09. The fraction of sp³-hybridized carbons (Fsp3) is 0.381. The number of pyridine rings is 1. The Balaban J connectivity index is 1.49. The Labute approximate surface area is 163 Å². The molecule has 7 heteroatoms. The van der Waals surface area contributed by atoms with Crippen LogP contribution in [0.5, 0.6) is 5.75 Å². The molecule has 0 unspecified atom stereocenters. The number of amides is 1. The van der Waals surface area contributed by atoms with Crippen LogP contribution in [0.2, 0.25) is 0 Å². The summed E-state index contributed by atoms with van der Waals surface area (Å²) in [5.41, 5.74) is 2.55.